The zero-order valence-corrected chi connectivity index (χ0v) is 18.9. The second kappa shape index (κ2) is 8.32. The number of carbonyl (C=O) groups is 1. The molecule has 1 aromatic carbocycles. The fourth-order valence-electron chi connectivity index (χ4n) is 3.40. The molecule has 1 atom stereocenters. The zero-order chi connectivity index (χ0) is 22.1. The lowest BCUT2D eigenvalue weighted by molar-refractivity contribution is 0.0965. The van der Waals surface area contributed by atoms with E-state index in [9.17, 15) is 9.36 Å². The summed E-state index contributed by atoms with van der Waals surface area (Å²) < 4.78 is 24.1. The molecule has 0 aliphatic carbocycles. The molecule has 0 aliphatic heterocycles. The first-order valence-corrected chi connectivity index (χ1v) is 10.7. The number of terminal acetylenes is 1. The van der Waals surface area contributed by atoms with Crippen LogP contribution in [0.25, 0.3) is 11.3 Å². The second-order valence-electron chi connectivity index (χ2n) is 7.76. The van der Waals surface area contributed by atoms with Crippen molar-refractivity contribution in [3.63, 3.8) is 0 Å². The fourth-order valence-corrected chi connectivity index (χ4v) is 4.60. The van der Waals surface area contributed by atoms with E-state index in [1.54, 1.807) is 24.6 Å². The third kappa shape index (κ3) is 4.11. The number of Topliss-reactive ketones (excluding diaryl/α,β-unsaturated/α-hetero) is 1. The van der Waals surface area contributed by atoms with Crippen molar-refractivity contribution in [2.45, 2.75) is 46.2 Å². The summed E-state index contributed by atoms with van der Waals surface area (Å²) in [5.74, 6) is 2.50. The Bertz CT molecular complexity index is 1040. The van der Waals surface area contributed by atoms with Crippen molar-refractivity contribution in [3.05, 3.63) is 40.1 Å². The Labute approximate surface area is 174 Å². The van der Waals surface area contributed by atoms with E-state index in [-0.39, 0.29) is 12.2 Å². The van der Waals surface area contributed by atoms with Crippen LogP contribution in [0.15, 0.2) is 12.1 Å². The number of hydrogen-bond donors (Lipinski definition) is 0. The molecular formula is C21H26BN2O4P. The summed E-state index contributed by atoms with van der Waals surface area (Å²) in [6, 6.07) is 3.72. The number of aryl methyl sites for hydroxylation is 3. The molecule has 2 radical (unpaired) electrons. The quantitative estimate of drug-likeness (QED) is 0.294. The van der Waals surface area contributed by atoms with Gasteiger partial charge in [0.15, 0.2) is 5.78 Å². The van der Waals surface area contributed by atoms with Gasteiger partial charge in [0.2, 0.25) is 0 Å². The van der Waals surface area contributed by atoms with Gasteiger partial charge in [0.05, 0.1) is 16.4 Å². The van der Waals surface area contributed by atoms with Gasteiger partial charge in [-0.25, -0.2) is 0 Å². The number of ketones is 1. The lowest BCUT2D eigenvalue weighted by atomic mass is 9.91. The molecule has 0 saturated heterocycles. The average molecular weight is 412 g/mol. The van der Waals surface area contributed by atoms with Gasteiger partial charge in [-0.3, -0.25) is 14.0 Å². The number of aromatic nitrogens is 2. The highest BCUT2D eigenvalue weighted by molar-refractivity contribution is 7.56. The van der Waals surface area contributed by atoms with Gasteiger partial charge in [-0.2, -0.15) is 5.10 Å². The summed E-state index contributed by atoms with van der Waals surface area (Å²) in [5.41, 5.74) is 5.29. The minimum Gasteiger partial charge on any atom is -0.383 e. The molecule has 29 heavy (non-hydrogen) atoms. The van der Waals surface area contributed by atoms with Crippen LogP contribution in [0, 0.1) is 33.1 Å². The van der Waals surface area contributed by atoms with E-state index >= 15 is 0 Å². The molecule has 0 saturated carbocycles. The van der Waals surface area contributed by atoms with Gasteiger partial charge in [-0.1, -0.05) is 12.0 Å². The topological polar surface area (TPSA) is 70.4 Å². The molecule has 152 valence electrons. The summed E-state index contributed by atoms with van der Waals surface area (Å²) in [5, 5.41) is 3.44. The molecule has 1 unspecified atom stereocenters. The number of benzene rings is 1. The minimum atomic E-state index is -3.65. The van der Waals surface area contributed by atoms with E-state index in [1.807, 2.05) is 33.9 Å². The molecule has 0 fully saturated rings. The van der Waals surface area contributed by atoms with Gasteiger partial charge < -0.3 is 8.96 Å². The molecule has 0 spiro atoms. The van der Waals surface area contributed by atoms with Crippen molar-refractivity contribution in [2.75, 3.05) is 7.11 Å². The third-order valence-electron chi connectivity index (χ3n) is 5.32. The first-order chi connectivity index (χ1) is 13.4. The Morgan fingerprint density at radius 2 is 1.93 bits per heavy atom. The van der Waals surface area contributed by atoms with Crippen LogP contribution < -0.4 is 0 Å². The van der Waals surface area contributed by atoms with Crippen LogP contribution in [0.3, 0.4) is 0 Å². The zero-order valence-electron chi connectivity index (χ0n) is 18.0. The normalized spacial score (nSPS) is 13.7. The van der Waals surface area contributed by atoms with Gasteiger partial charge in [-0.15, -0.1) is 6.42 Å². The van der Waals surface area contributed by atoms with Gasteiger partial charge in [0, 0.05) is 31.7 Å². The van der Waals surface area contributed by atoms with Gasteiger partial charge >= 0.3 is 7.60 Å². The monoisotopic (exact) mass is 412 g/mol. The Morgan fingerprint density at radius 3 is 2.45 bits per heavy atom. The van der Waals surface area contributed by atoms with Crippen molar-refractivity contribution in [1.82, 2.24) is 9.78 Å². The average Bonchev–Trinajstić information content (AvgIpc) is 2.94. The van der Waals surface area contributed by atoms with E-state index in [2.05, 4.69) is 15.5 Å². The van der Waals surface area contributed by atoms with Crippen molar-refractivity contribution in [1.29, 1.82) is 0 Å². The highest BCUT2D eigenvalue weighted by atomic mass is 31.2. The largest absolute Gasteiger partial charge is 0.383 e. The molecule has 8 heteroatoms. The molecule has 0 amide bonds. The highest BCUT2D eigenvalue weighted by Crippen LogP contribution is 2.60. The van der Waals surface area contributed by atoms with E-state index in [0.717, 1.165) is 22.4 Å². The third-order valence-corrected chi connectivity index (χ3v) is 7.72. The summed E-state index contributed by atoms with van der Waals surface area (Å²) in [7, 11) is 4.61. The lowest BCUT2D eigenvalue weighted by Crippen LogP contribution is -2.26. The predicted molar refractivity (Wildman–Crippen MR) is 115 cm³/mol. The molecule has 2 aromatic rings. The number of nitrogens with zero attached hydrogens (tertiary/aromatic N) is 2. The molecule has 2 rings (SSSR count). The lowest BCUT2D eigenvalue weighted by Gasteiger charge is -2.31. The van der Waals surface area contributed by atoms with Gasteiger partial charge in [-0.05, 0) is 51.8 Å². The van der Waals surface area contributed by atoms with Crippen molar-refractivity contribution < 1.29 is 18.3 Å². The van der Waals surface area contributed by atoms with Crippen LogP contribution in [0.2, 0.25) is 0 Å². The number of rotatable bonds is 7. The second-order valence-corrected chi connectivity index (χ2v) is 10.5. The SMILES string of the molecule is [B]OP(=O)(OC)C(C)(C)CC(=O)c1cc(-c2nn(C)c(C)c2C#C)c(C)cc1C. The maximum absolute atomic E-state index is 13.1. The first kappa shape index (κ1) is 23.2. The van der Waals surface area contributed by atoms with Crippen LogP contribution in [0.5, 0.6) is 0 Å². The van der Waals surface area contributed by atoms with Crippen LogP contribution in [0.4, 0.5) is 0 Å². The summed E-state index contributed by atoms with van der Waals surface area (Å²) in [6.45, 7) is 8.97. The molecule has 1 aromatic heterocycles. The van der Waals surface area contributed by atoms with E-state index in [1.165, 1.54) is 7.11 Å². The van der Waals surface area contributed by atoms with E-state index in [0.29, 0.717) is 16.8 Å². The van der Waals surface area contributed by atoms with Crippen LogP contribution in [0.1, 0.15) is 53.0 Å². The highest BCUT2D eigenvalue weighted by Gasteiger charge is 2.43. The Hall–Kier alpha value is -2.13. The van der Waals surface area contributed by atoms with E-state index in [4.69, 9.17) is 19.0 Å². The van der Waals surface area contributed by atoms with Crippen LogP contribution in [-0.4, -0.2) is 35.9 Å². The molecular weight excluding hydrogens is 386 g/mol. The first-order valence-electron chi connectivity index (χ1n) is 9.11. The van der Waals surface area contributed by atoms with Crippen molar-refractivity contribution in [2.24, 2.45) is 7.05 Å². The van der Waals surface area contributed by atoms with Gasteiger partial charge in [0.25, 0.3) is 8.05 Å². The fraction of sp³-hybridized carbons (Fsp3) is 0.429. The predicted octanol–water partition coefficient (Wildman–Crippen LogP) is 4.28. The Morgan fingerprint density at radius 1 is 1.31 bits per heavy atom. The molecule has 0 bridgehead atoms. The molecule has 6 nitrogen and oxygen atoms in total. The standard InChI is InChI=1S/C21H26BN2O4P/c1-9-16-15(4)24(7)23-20(16)18-11-17(13(2)10-14(18)3)19(25)12-21(5,6)29(26,27-8)28-22/h1,10-11H,12H2,2-8H3. The maximum atomic E-state index is 13.1. The Kier molecular flexibility index (Phi) is 6.64. The smallest absolute Gasteiger partial charge is 0.321 e. The molecule has 1 heterocycles. The minimum absolute atomic E-state index is 0.0676. The molecule has 0 aliphatic rings. The Balaban J connectivity index is 2.55. The molecule has 0 N–H and O–H groups in total. The van der Waals surface area contributed by atoms with Crippen molar-refractivity contribution >= 4 is 21.4 Å². The number of hydrogen-bond acceptors (Lipinski definition) is 5. The number of carbonyl (C=O) groups excluding carboxylic acids is 1. The summed E-state index contributed by atoms with van der Waals surface area (Å²) in [4.78, 5) is 13.1. The summed E-state index contributed by atoms with van der Waals surface area (Å²) >= 11 is 0. The van der Waals surface area contributed by atoms with Gasteiger partial charge in [0.1, 0.15) is 5.69 Å². The van der Waals surface area contributed by atoms with E-state index < -0.39 is 12.8 Å². The summed E-state index contributed by atoms with van der Waals surface area (Å²) in [6.07, 6.45) is 5.63. The van der Waals surface area contributed by atoms with Crippen LogP contribution >= 0.6 is 7.60 Å². The van der Waals surface area contributed by atoms with Crippen LogP contribution in [-0.2, 0) is 20.6 Å². The van der Waals surface area contributed by atoms with Crippen molar-refractivity contribution in [3.8, 4) is 23.6 Å². The maximum Gasteiger partial charge on any atom is 0.321 e.